The fraction of sp³-hybridized carbons (Fsp3) is 0.800. The van der Waals surface area contributed by atoms with E-state index in [4.69, 9.17) is 0 Å². The Morgan fingerprint density at radius 1 is 0.677 bits per heavy atom. The molecule has 0 heterocycles. The average molecular weight is 424 g/mol. The van der Waals surface area contributed by atoms with Gasteiger partial charge in [0.2, 0.25) is 0 Å². The lowest BCUT2D eigenvalue weighted by atomic mass is 9.88. The Balaban J connectivity index is 1.58. The Bertz CT molecular complexity index is 551. The molecule has 1 nitrogen and oxygen atoms in total. The fourth-order valence-electron chi connectivity index (χ4n) is 5.28. The molecule has 174 valence electrons. The molecule has 0 saturated heterocycles. The SMILES string of the molecule is CCCCCCCCCC/C=C/C#CCC#CCN(C1CCCCC1)C1CCCCC1. The zero-order valence-electron chi connectivity index (χ0n) is 20.6. The van der Waals surface area contributed by atoms with Crippen molar-refractivity contribution >= 4 is 0 Å². The van der Waals surface area contributed by atoms with E-state index in [9.17, 15) is 0 Å². The van der Waals surface area contributed by atoms with Crippen LogP contribution in [0.25, 0.3) is 0 Å². The summed E-state index contributed by atoms with van der Waals surface area (Å²) in [6.45, 7) is 3.25. The fourth-order valence-corrected chi connectivity index (χ4v) is 5.28. The summed E-state index contributed by atoms with van der Waals surface area (Å²) in [5.41, 5.74) is 0. The summed E-state index contributed by atoms with van der Waals surface area (Å²) in [6.07, 6.45) is 31.4. The van der Waals surface area contributed by atoms with Gasteiger partial charge in [0.1, 0.15) is 0 Å². The lowest BCUT2D eigenvalue weighted by Gasteiger charge is -2.40. The van der Waals surface area contributed by atoms with Gasteiger partial charge in [0.15, 0.2) is 0 Å². The molecule has 2 saturated carbocycles. The molecule has 0 aliphatic heterocycles. The van der Waals surface area contributed by atoms with Gasteiger partial charge >= 0.3 is 0 Å². The Morgan fingerprint density at radius 3 is 1.87 bits per heavy atom. The third-order valence-electron chi connectivity index (χ3n) is 7.18. The molecule has 2 rings (SSSR count). The molecule has 31 heavy (non-hydrogen) atoms. The van der Waals surface area contributed by atoms with Crippen LogP contribution in [0.4, 0.5) is 0 Å². The van der Waals surface area contributed by atoms with E-state index in [0.29, 0.717) is 6.42 Å². The summed E-state index contributed by atoms with van der Waals surface area (Å²) in [7, 11) is 0. The van der Waals surface area contributed by atoms with Crippen molar-refractivity contribution in [1.82, 2.24) is 4.90 Å². The highest BCUT2D eigenvalue weighted by Gasteiger charge is 2.27. The topological polar surface area (TPSA) is 3.24 Å². The number of unbranched alkanes of at least 4 members (excludes halogenated alkanes) is 8. The van der Waals surface area contributed by atoms with E-state index in [-0.39, 0.29) is 0 Å². The van der Waals surface area contributed by atoms with Gasteiger partial charge in [-0.15, -0.1) is 0 Å². The van der Waals surface area contributed by atoms with Gasteiger partial charge in [0.25, 0.3) is 0 Å². The molecule has 0 aromatic rings. The van der Waals surface area contributed by atoms with Gasteiger partial charge < -0.3 is 0 Å². The first-order valence-corrected chi connectivity index (χ1v) is 13.8. The third kappa shape index (κ3) is 12.4. The van der Waals surface area contributed by atoms with Crippen LogP contribution in [0.15, 0.2) is 12.2 Å². The van der Waals surface area contributed by atoms with Gasteiger partial charge in [-0.3, -0.25) is 4.90 Å². The van der Waals surface area contributed by atoms with Crippen LogP contribution >= 0.6 is 0 Å². The quantitative estimate of drug-likeness (QED) is 0.225. The van der Waals surface area contributed by atoms with Crippen molar-refractivity contribution < 1.29 is 0 Å². The normalized spacial score (nSPS) is 18.0. The maximum absolute atomic E-state index is 3.47. The molecule has 0 unspecified atom stereocenters. The van der Waals surface area contributed by atoms with Crippen LogP contribution in [-0.4, -0.2) is 23.5 Å². The van der Waals surface area contributed by atoms with Gasteiger partial charge in [-0.25, -0.2) is 0 Å². The maximum Gasteiger partial charge on any atom is 0.0706 e. The summed E-state index contributed by atoms with van der Waals surface area (Å²) < 4.78 is 0. The second-order valence-electron chi connectivity index (χ2n) is 9.77. The van der Waals surface area contributed by atoms with Crippen molar-refractivity contribution in [2.75, 3.05) is 6.54 Å². The Labute approximate surface area is 194 Å². The third-order valence-corrected chi connectivity index (χ3v) is 7.18. The van der Waals surface area contributed by atoms with E-state index >= 15 is 0 Å². The molecule has 2 aliphatic rings. The number of rotatable bonds is 12. The average Bonchev–Trinajstić information content (AvgIpc) is 2.82. The summed E-state index contributed by atoms with van der Waals surface area (Å²) in [5, 5.41) is 0. The lowest BCUT2D eigenvalue weighted by molar-refractivity contribution is 0.0961. The maximum atomic E-state index is 3.47. The molecule has 0 spiro atoms. The van der Waals surface area contributed by atoms with Crippen LogP contribution in [0.3, 0.4) is 0 Å². The molecule has 0 amide bonds. The first-order valence-electron chi connectivity index (χ1n) is 13.8. The lowest BCUT2D eigenvalue weighted by Crippen LogP contribution is -2.45. The molecule has 2 fully saturated rings. The molecule has 0 N–H and O–H groups in total. The van der Waals surface area contributed by atoms with Crippen molar-refractivity contribution in [3.8, 4) is 23.7 Å². The molecular formula is C30H49N. The van der Waals surface area contributed by atoms with E-state index in [1.165, 1.54) is 122 Å². The van der Waals surface area contributed by atoms with Crippen molar-refractivity contribution in [3.63, 3.8) is 0 Å². The summed E-state index contributed by atoms with van der Waals surface area (Å²) in [5.74, 6) is 13.2. The van der Waals surface area contributed by atoms with Gasteiger partial charge in [-0.2, -0.15) is 0 Å². The molecular weight excluding hydrogens is 374 g/mol. The summed E-state index contributed by atoms with van der Waals surface area (Å²) >= 11 is 0. The summed E-state index contributed by atoms with van der Waals surface area (Å²) in [4.78, 5) is 2.78. The number of nitrogens with zero attached hydrogens (tertiary/aromatic N) is 1. The minimum Gasteiger partial charge on any atom is -0.286 e. The second-order valence-corrected chi connectivity index (χ2v) is 9.77. The number of hydrogen-bond donors (Lipinski definition) is 0. The summed E-state index contributed by atoms with van der Waals surface area (Å²) in [6, 6.07) is 1.58. The van der Waals surface area contributed by atoms with Gasteiger partial charge in [-0.05, 0) is 44.6 Å². The van der Waals surface area contributed by atoms with Crippen LogP contribution in [0, 0.1) is 23.7 Å². The first-order chi connectivity index (χ1) is 15.4. The molecule has 1 heteroatoms. The van der Waals surface area contributed by atoms with Crippen molar-refractivity contribution in [1.29, 1.82) is 0 Å². The standard InChI is InChI=1S/C30H49N/c1-2-3-4-5-6-7-8-9-10-11-12-13-14-15-16-23-28-31(29-24-19-17-20-25-29)30-26-21-18-22-27-30/h11-12,29-30H,2-10,15,17-22,24-28H2,1H3/b12-11+. The van der Waals surface area contributed by atoms with Crippen molar-refractivity contribution in [2.45, 2.75) is 147 Å². The Hall–Kier alpha value is -1.18. The monoisotopic (exact) mass is 423 g/mol. The minimum atomic E-state index is 0.714. The predicted molar refractivity (Wildman–Crippen MR) is 137 cm³/mol. The molecule has 0 aromatic carbocycles. The van der Waals surface area contributed by atoms with E-state index in [1.54, 1.807) is 0 Å². The molecule has 0 atom stereocenters. The Morgan fingerprint density at radius 2 is 1.26 bits per heavy atom. The highest BCUT2D eigenvalue weighted by atomic mass is 15.2. The van der Waals surface area contributed by atoms with Crippen LogP contribution in [-0.2, 0) is 0 Å². The number of allylic oxidation sites excluding steroid dienone is 2. The van der Waals surface area contributed by atoms with E-state index in [0.717, 1.165) is 18.6 Å². The highest BCUT2D eigenvalue weighted by molar-refractivity contribution is 5.20. The van der Waals surface area contributed by atoms with Crippen molar-refractivity contribution in [2.24, 2.45) is 0 Å². The van der Waals surface area contributed by atoms with Crippen LogP contribution < -0.4 is 0 Å². The highest BCUT2D eigenvalue weighted by Crippen LogP contribution is 2.29. The smallest absolute Gasteiger partial charge is 0.0706 e. The van der Waals surface area contributed by atoms with E-state index < -0.39 is 0 Å². The largest absolute Gasteiger partial charge is 0.286 e. The Kier molecular flexibility index (Phi) is 15.5. The van der Waals surface area contributed by atoms with Crippen LogP contribution in [0.2, 0.25) is 0 Å². The van der Waals surface area contributed by atoms with E-state index in [1.807, 2.05) is 6.08 Å². The zero-order chi connectivity index (χ0) is 21.8. The van der Waals surface area contributed by atoms with Crippen molar-refractivity contribution in [3.05, 3.63) is 12.2 Å². The molecule has 2 aliphatic carbocycles. The predicted octanol–water partition coefficient (Wildman–Crippen LogP) is 8.44. The number of hydrogen-bond acceptors (Lipinski definition) is 1. The minimum absolute atomic E-state index is 0.714. The molecule has 0 bridgehead atoms. The van der Waals surface area contributed by atoms with Crippen LogP contribution in [0.1, 0.15) is 135 Å². The van der Waals surface area contributed by atoms with Crippen LogP contribution in [0.5, 0.6) is 0 Å². The van der Waals surface area contributed by atoms with Gasteiger partial charge in [0.05, 0.1) is 13.0 Å². The van der Waals surface area contributed by atoms with Gasteiger partial charge in [-0.1, -0.05) is 120 Å². The van der Waals surface area contributed by atoms with E-state index in [2.05, 4.69) is 41.6 Å². The van der Waals surface area contributed by atoms with Gasteiger partial charge in [0, 0.05) is 12.1 Å². The zero-order valence-corrected chi connectivity index (χ0v) is 20.6. The first kappa shape index (κ1) is 26.1. The second kappa shape index (κ2) is 18.4. The molecule has 0 radical (unpaired) electrons. The molecule has 0 aromatic heterocycles.